The van der Waals surface area contributed by atoms with Crippen LogP contribution in [0.25, 0.3) is 0 Å². The molecular weight excluding hydrogens is 200 g/mol. The average Bonchev–Trinajstić information content (AvgIpc) is 2.62. The highest BCUT2D eigenvalue weighted by atomic mass is 15.3. The minimum absolute atomic E-state index is 0.738. The van der Waals surface area contributed by atoms with Gasteiger partial charge in [0.25, 0.3) is 0 Å². The molecule has 1 heterocycles. The third-order valence-corrected chi connectivity index (χ3v) is 2.49. The first-order chi connectivity index (χ1) is 7.70. The number of rotatable bonds is 8. The Morgan fingerprint density at radius 1 is 1.31 bits per heavy atom. The standard InChI is InChI=1S/C12H24N4/c1-11(2)9-13-6-4-7-14-10-12-5-8-15-16(12)3/h5,8,11,13-14H,4,6-7,9-10H2,1-3H3. The number of nitrogens with zero attached hydrogens (tertiary/aromatic N) is 2. The minimum atomic E-state index is 0.738. The zero-order valence-corrected chi connectivity index (χ0v) is 10.7. The number of aryl methyl sites for hydroxylation is 1. The Labute approximate surface area is 98.4 Å². The normalized spacial score (nSPS) is 11.2. The van der Waals surface area contributed by atoms with E-state index in [2.05, 4.69) is 29.6 Å². The van der Waals surface area contributed by atoms with Gasteiger partial charge in [0.1, 0.15) is 0 Å². The fourth-order valence-corrected chi connectivity index (χ4v) is 1.52. The molecule has 0 saturated carbocycles. The number of nitrogens with one attached hydrogen (secondary N) is 2. The molecule has 16 heavy (non-hydrogen) atoms. The lowest BCUT2D eigenvalue weighted by Crippen LogP contribution is -2.25. The van der Waals surface area contributed by atoms with Gasteiger partial charge in [-0.05, 0) is 38.0 Å². The van der Waals surface area contributed by atoms with Crippen molar-refractivity contribution < 1.29 is 0 Å². The summed E-state index contributed by atoms with van der Waals surface area (Å²) in [5, 5.41) is 11.0. The summed E-state index contributed by atoms with van der Waals surface area (Å²) in [5.41, 5.74) is 1.23. The smallest absolute Gasteiger partial charge is 0.0518 e. The first-order valence-electron chi connectivity index (χ1n) is 6.08. The van der Waals surface area contributed by atoms with Gasteiger partial charge in [0.2, 0.25) is 0 Å². The van der Waals surface area contributed by atoms with Crippen LogP contribution in [0.1, 0.15) is 26.0 Å². The Bertz CT molecular complexity index is 280. The first kappa shape index (κ1) is 13.2. The lowest BCUT2D eigenvalue weighted by Gasteiger charge is -2.08. The molecule has 0 unspecified atom stereocenters. The minimum Gasteiger partial charge on any atom is -0.316 e. The molecule has 0 spiro atoms. The van der Waals surface area contributed by atoms with Crippen LogP contribution in [0.5, 0.6) is 0 Å². The van der Waals surface area contributed by atoms with Crippen molar-refractivity contribution in [3.63, 3.8) is 0 Å². The Hall–Kier alpha value is -0.870. The van der Waals surface area contributed by atoms with Crippen LogP contribution >= 0.6 is 0 Å². The molecule has 4 nitrogen and oxygen atoms in total. The van der Waals surface area contributed by atoms with E-state index in [9.17, 15) is 0 Å². The highest BCUT2D eigenvalue weighted by molar-refractivity contribution is 4.98. The summed E-state index contributed by atoms with van der Waals surface area (Å²) >= 11 is 0. The monoisotopic (exact) mass is 224 g/mol. The van der Waals surface area contributed by atoms with Gasteiger partial charge in [-0.15, -0.1) is 0 Å². The predicted molar refractivity (Wildman–Crippen MR) is 67.2 cm³/mol. The Kier molecular flexibility index (Phi) is 6.11. The Balaban J connectivity index is 1.94. The number of aromatic nitrogens is 2. The van der Waals surface area contributed by atoms with Crippen molar-refractivity contribution >= 4 is 0 Å². The molecule has 1 rings (SSSR count). The fourth-order valence-electron chi connectivity index (χ4n) is 1.52. The van der Waals surface area contributed by atoms with Crippen molar-refractivity contribution in [2.24, 2.45) is 13.0 Å². The molecule has 1 aromatic heterocycles. The lowest BCUT2D eigenvalue weighted by atomic mass is 10.2. The number of hydrogen-bond acceptors (Lipinski definition) is 3. The molecule has 2 N–H and O–H groups in total. The van der Waals surface area contributed by atoms with E-state index < -0.39 is 0 Å². The fraction of sp³-hybridized carbons (Fsp3) is 0.750. The molecule has 0 aliphatic heterocycles. The molecule has 0 atom stereocenters. The molecule has 4 heteroatoms. The molecule has 0 fully saturated rings. The van der Waals surface area contributed by atoms with E-state index in [1.807, 2.05) is 24.0 Å². The predicted octanol–water partition coefficient (Wildman–Crippen LogP) is 1.15. The molecular formula is C12H24N4. The van der Waals surface area contributed by atoms with E-state index in [0.717, 1.165) is 32.1 Å². The molecule has 0 aliphatic rings. The van der Waals surface area contributed by atoms with E-state index in [1.54, 1.807) is 0 Å². The van der Waals surface area contributed by atoms with Crippen LogP contribution in [0.3, 0.4) is 0 Å². The van der Waals surface area contributed by atoms with Gasteiger partial charge < -0.3 is 10.6 Å². The second kappa shape index (κ2) is 7.41. The van der Waals surface area contributed by atoms with Crippen molar-refractivity contribution in [1.29, 1.82) is 0 Å². The van der Waals surface area contributed by atoms with Gasteiger partial charge in [-0.1, -0.05) is 13.8 Å². The van der Waals surface area contributed by atoms with E-state index in [1.165, 1.54) is 12.1 Å². The van der Waals surface area contributed by atoms with E-state index >= 15 is 0 Å². The van der Waals surface area contributed by atoms with Gasteiger partial charge in [0.05, 0.1) is 5.69 Å². The maximum absolute atomic E-state index is 4.13. The molecule has 0 radical (unpaired) electrons. The molecule has 0 aliphatic carbocycles. The molecule has 0 saturated heterocycles. The summed E-state index contributed by atoms with van der Waals surface area (Å²) in [5.74, 6) is 0.738. The second-order valence-electron chi connectivity index (χ2n) is 4.57. The van der Waals surface area contributed by atoms with Gasteiger partial charge in [-0.3, -0.25) is 4.68 Å². The third kappa shape index (κ3) is 5.28. The van der Waals surface area contributed by atoms with Crippen LogP contribution in [0, 0.1) is 5.92 Å². The molecule has 0 aromatic carbocycles. The average molecular weight is 224 g/mol. The van der Waals surface area contributed by atoms with E-state index in [-0.39, 0.29) is 0 Å². The Morgan fingerprint density at radius 2 is 2.06 bits per heavy atom. The first-order valence-corrected chi connectivity index (χ1v) is 6.08. The lowest BCUT2D eigenvalue weighted by molar-refractivity contribution is 0.526. The van der Waals surface area contributed by atoms with E-state index in [4.69, 9.17) is 0 Å². The van der Waals surface area contributed by atoms with Crippen LogP contribution in [-0.4, -0.2) is 29.4 Å². The van der Waals surface area contributed by atoms with Gasteiger partial charge in [-0.25, -0.2) is 0 Å². The topological polar surface area (TPSA) is 41.9 Å². The third-order valence-electron chi connectivity index (χ3n) is 2.49. The van der Waals surface area contributed by atoms with Crippen LogP contribution < -0.4 is 10.6 Å². The highest BCUT2D eigenvalue weighted by Crippen LogP contribution is 1.94. The highest BCUT2D eigenvalue weighted by Gasteiger charge is 1.97. The van der Waals surface area contributed by atoms with Crippen LogP contribution in [0.2, 0.25) is 0 Å². The van der Waals surface area contributed by atoms with Crippen LogP contribution in [-0.2, 0) is 13.6 Å². The summed E-state index contributed by atoms with van der Waals surface area (Å²) in [7, 11) is 1.97. The van der Waals surface area contributed by atoms with Crippen molar-refractivity contribution in [3.05, 3.63) is 18.0 Å². The molecule has 1 aromatic rings. The zero-order valence-electron chi connectivity index (χ0n) is 10.7. The summed E-state index contributed by atoms with van der Waals surface area (Å²) in [6.45, 7) is 8.62. The largest absolute Gasteiger partial charge is 0.316 e. The van der Waals surface area contributed by atoms with Gasteiger partial charge in [0, 0.05) is 19.8 Å². The van der Waals surface area contributed by atoms with Crippen molar-refractivity contribution in [3.8, 4) is 0 Å². The van der Waals surface area contributed by atoms with Gasteiger partial charge in [0.15, 0.2) is 0 Å². The molecule has 92 valence electrons. The second-order valence-corrected chi connectivity index (χ2v) is 4.57. The quantitative estimate of drug-likeness (QED) is 0.651. The summed E-state index contributed by atoms with van der Waals surface area (Å²) in [4.78, 5) is 0. The van der Waals surface area contributed by atoms with Crippen LogP contribution in [0.4, 0.5) is 0 Å². The van der Waals surface area contributed by atoms with Crippen LogP contribution in [0.15, 0.2) is 12.3 Å². The molecule has 0 amide bonds. The van der Waals surface area contributed by atoms with Crippen molar-refractivity contribution in [1.82, 2.24) is 20.4 Å². The summed E-state index contributed by atoms with van der Waals surface area (Å²) < 4.78 is 1.91. The summed E-state index contributed by atoms with van der Waals surface area (Å²) in [6.07, 6.45) is 3.01. The molecule has 0 bridgehead atoms. The SMILES string of the molecule is CC(C)CNCCCNCc1ccnn1C. The van der Waals surface area contributed by atoms with Crippen molar-refractivity contribution in [2.75, 3.05) is 19.6 Å². The van der Waals surface area contributed by atoms with Gasteiger partial charge >= 0.3 is 0 Å². The number of hydrogen-bond donors (Lipinski definition) is 2. The zero-order chi connectivity index (χ0) is 11.8. The maximum atomic E-state index is 4.13. The summed E-state index contributed by atoms with van der Waals surface area (Å²) in [6, 6.07) is 2.05. The Morgan fingerprint density at radius 3 is 2.69 bits per heavy atom. The maximum Gasteiger partial charge on any atom is 0.0518 e. The van der Waals surface area contributed by atoms with E-state index in [0.29, 0.717) is 0 Å². The van der Waals surface area contributed by atoms with Crippen molar-refractivity contribution in [2.45, 2.75) is 26.8 Å². The van der Waals surface area contributed by atoms with Gasteiger partial charge in [-0.2, -0.15) is 5.10 Å².